The number of rotatable bonds is 4. The highest BCUT2D eigenvalue weighted by Crippen LogP contribution is 2.49. The van der Waals surface area contributed by atoms with E-state index in [1.807, 2.05) is 26.0 Å². The summed E-state index contributed by atoms with van der Waals surface area (Å²) in [6, 6.07) is 3.67. The average molecular weight is 326 g/mol. The Morgan fingerprint density at radius 3 is 1.59 bits per heavy atom. The van der Waals surface area contributed by atoms with Gasteiger partial charge in [0.1, 0.15) is 11.5 Å². The van der Waals surface area contributed by atoms with Gasteiger partial charge in [0.25, 0.3) is 0 Å². The zero-order valence-corrected chi connectivity index (χ0v) is 16.2. The van der Waals surface area contributed by atoms with Crippen LogP contribution < -0.4 is 4.52 Å². The van der Waals surface area contributed by atoms with Gasteiger partial charge in [-0.05, 0) is 23.0 Å². The number of phenolic OH excluding ortho intramolecular Hbond substituents is 1. The van der Waals surface area contributed by atoms with Crippen molar-refractivity contribution in [3.63, 3.8) is 0 Å². The SMILES string of the molecule is CCP(=O)(CC)Oc1cc(C(C)(C)C)c(O)c(C(C)(C)C)c1. The Morgan fingerprint density at radius 1 is 0.955 bits per heavy atom. The smallest absolute Gasteiger partial charge is 0.247 e. The number of benzene rings is 1. The Bertz CT molecular complexity index is 534. The second-order valence-corrected chi connectivity index (χ2v) is 11.0. The van der Waals surface area contributed by atoms with Crippen molar-refractivity contribution in [2.24, 2.45) is 0 Å². The standard InChI is InChI=1S/C18H31O3P/c1-9-22(20,10-2)21-13-11-14(17(3,4)5)16(19)15(12-13)18(6,7)8/h11-12,19H,9-10H2,1-8H3. The molecule has 0 unspecified atom stereocenters. The molecule has 0 radical (unpaired) electrons. The first kappa shape index (κ1) is 19.1. The maximum atomic E-state index is 12.6. The Hall–Kier alpha value is -0.950. The lowest BCUT2D eigenvalue weighted by Crippen LogP contribution is -2.17. The molecule has 0 amide bonds. The molecule has 0 heterocycles. The van der Waals surface area contributed by atoms with Crippen LogP contribution in [0.3, 0.4) is 0 Å². The first-order valence-electron chi connectivity index (χ1n) is 7.99. The molecule has 0 spiro atoms. The molecule has 0 aromatic heterocycles. The van der Waals surface area contributed by atoms with Gasteiger partial charge in [-0.25, -0.2) is 0 Å². The molecule has 1 aromatic carbocycles. The third-order valence-electron chi connectivity index (χ3n) is 3.93. The van der Waals surface area contributed by atoms with Gasteiger partial charge in [-0.15, -0.1) is 0 Å². The minimum Gasteiger partial charge on any atom is -0.507 e. The van der Waals surface area contributed by atoms with Crippen LogP contribution in [-0.4, -0.2) is 17.4 Å². The van der Waals surface area contributed by atoms with E-state index in [1.54, 1.807) is 0 Å². The van der Waals surface area contributed by atoms with Crippen LogP contribution in [0, 0.1) is 0 Å². The van der Waals surface area contributed by atoms with Gasteiger partial charge in [-0.3, -0.25) is 4.57 Å². The fourth-order valence-corrected chi connectivity index (χ4v) is 3.54. The molecule has 0 bridgehead atoms. The summed E-state index contributed by atoms with van der Waals surface area (Å²) >= 11 is 0. The molecular weight excluding hydrogens is 295 g/mol. The third-order valence-corrected chi connectivity index (χ3v) is 6.41. The summed E-state index contributed by atoms with van der Waals surface area (Å²) in [5.74, 6) is 0.912. The molecule has 1 rings (SSSR count). The lowest BCUT2D eigenvalue weighted by atomic mass is 9.79. The number of hydrogen-bond acceptors (Lipinski definition) is 3. The van der Waals surface area contributed by atoms with Gasteiger partial charge in [0.05, 0.1) is 0 Å². The van der Waals surface area contributed by atoms with Crippen LogP contribution in [0.2, 0.25) is 0 Å². The first-order valence-corrected chi connectivity index (χ1v) is 9.99. The lowest BCUT2D eigenvalue weighted by Gasteiger charge is -2.29. The van der Waals surface area contributed by atoms with Crippen molar-refractivity contribution < 1.29 is 14.2 Å². The topological polar surface area (TPSA) is 46.5 Å². The van der Waals surface area contributed by atoms with Gasteiger partial charge >= 0.3 is 0 Å². The van der Waals surface area contributed by atoms with Crippen molar-refractivity contribution in [1.29, 1.82) is 0 Å². The second-order valence-electron chi connectivity index (χ2n) is 7.91. The van der Waals surface area contributed by atoms with E-state index < -0.39 is 7.37 Å². The molecule has 4 heteroatoms. The average Bonchev–Trinajstić information content (AvgIpc) is 2.37. The predicted molar refractivity (Wildman–Crippen MR) is 94.8 cm³/mol. The summed E-state index contributed by atoms with van der Waals surface area (Å²) in [6.07, 6.45) is 1.03. The number of aromatic hydroxyl groups is 1. The molecule has 0 aliphatic heterocycles. The molecule has 0 aliphatic carbocycles. The number of phenols is 1. The molecular formula is C18H31O3P. The third kappa shape index (κ3) is 4.29. The van der Waals surface area contributed by atoms with Crippen molar-refractivity contribution in [2.45, 2.75) is 66.2 Å². The maximum absolute atomic E-state index is 12.6. The molecule has 0 aliphatic rings. The highest BCUT2D eigenvalue weighted by Gasteiger charge is 2.28. The van der Waals surface area contributed by atoms with Crippen molar-refractivity contribution in [3.05, 3.63) is 23.3 Å². The van der Waals surface area contributed by atoms with Crippen LogP contribution >= 0.6 is 7.37 Å². The molecule has 3 nitrogen and oxygen atoms in total. The van der Waals surface area contributed by atoms with Gasteiger partial charge < -0.3 is 9.63 Å². The summed E-state index contributed by atoms with van der Waals surface area (Å²) in [4.78, 5) is 0. The molecule has 0 saturated heterocycles. The monoisotopic (exact) mass is 326 g/mol. The van der Waals surface area contributed by atoms with E-state index in [0.29, 0.717) is 23.8 Å². The molecule has 0 fully saturated rings. The maximum Gasteiger partial charge on any atom is 0.247 e. The van der Waals surface area contributed by atoms with Gasteiger partial charge in [-0.1, -0.05) is 55.4 Å². The summed E-state index contributed by atoms with van der Waals surface area (Å²) in [7, 11) is -2.64. The molecule has 1 N–H and O–H groups in total. The summed E-state index contributed by atoms with van der Waals surface area (Å²) < 4.78 is 18.5. The lowest BCUT2D eigenvalue weighted by molar-refractivity contribution is 0.418. The molecule has 22 heavy (non-hydrogen) atoms. The van der Waals surface area contributed by atoms with Crippen LogP contribution in [0.1, 0.15) is 66.5 Å². The summed E-state index contributed by atoms with van der Waals surface area (Å²) in [6.45, 7) is 16.1. The Morgan fingerprint density at radius 2 is 1.32 bits per heavy atom. The quantitative estimate of drug-likeness (QED) is 0.724. The fourth-order valence-electron chi connectivity index (χ4n) is 2.35. The first-order chi connectivity index (χ1) is 9.84. The molecule has 126 valence electrons. The normalized spacial score (nSPS) is 13.3. The summed E-state index contributed by atoms with van der Waals surface area (Å²) in [5, 5.41) is 10.7. The van der Waals surface area contributed by atoms with E-state index in [9.17, 15) is 9.67 Å². The Balaban J connectivity index is 3.52. The van der Waals surface area contributed by atoms with Gasteiger partial charge in [-0.2, -0.15) is 0 Å². The largest absolute Gasteiger partial charge is 0.507 e. The fraction of sp³-hybridized carbons (Fsp3) is 0.667. The highest BCUT2D eigenvalue weighted by molar-refractivity contribution is 7.59. The van der Waals surface area contributed by atoms with Crippen molar-refractivity contribution in [3.8, 4) is 11.5 Å². The van der Waals surface area contributed by atoms with Crippen molar-refractivity contribution >= 4 is 7.37 Å². The van der Waals surface area contributed by atoms with E-state index in [-0.39, 0.29) is 10.8 Å². The van der Waals surface area contributed by atoms with Crippen LogP contribution in [0.5, 0.6) is 11.5 Å². The highest BCUT2D eigenvalue weighted by atomic mass is 31.2. The molecule has 0 saturated carbocycles. The van der Waals surface area contributed by atoms with Gasteiger partial charge in [0, 0.05) is 23.5 Å². The van der Waals surface area contributed by atoms with Crippen molar-refractivity contribution in [1.82, 2.24) is 0 Å². The minimum atomic E-state index is -2.64. The summed E-state index contributed by atoms with van der Waals surface area (Å²) in [5.41, 5.74) is 1.22. The van der Waals surface area contributed by atoms with Crippen LogP contribution in [0.15, 0.2) is 12.1 Å². The Kier molecular flexibility index (Phi) is 5.45. The van der Waals surface area contributed by atoms with E-state index >= 15 is 0 Å². The minimum absolute atomic E-state index is 0.216. The number of hydrogen-bond donors (Lipinski definition) is 1. The van der Waals surface area contributed by atoms with Crippen LogP contribution in [-0.2, 0) is 15.4 Å². The van der Waals surface area contributed by atoms with Gasteiger partial charge in [0.2, 0.25) is 7.37 Å². The van der Waals surface area contributed by atoms with Crippen molar-refractivity contribution in [2.75, 3.05) is 12.3 Å². The van der Waals surface area contributed by atoms with Crippen LogP contribution in [0.4, 0.5) is 0 Å². The predicted octanol–water partition coefficient (Wildman–Crippen LogP) is 5.68. The second kappa shape index (κ2) is 6.28. The van der Waals surface area contributed by atoms with E-state index in [0.717, 1.165) is 11.1 Å². The molecule has 0 atom stereocenters. The van der Waals surface area contributed by atoms with Crippen LogP contribution in [0.25, 0.3) is 0 Å². The van der Waals surface area contributed by atoms with E-state index in [1.165, 1.54) is 0 Å². The molecule has 1 aromatic rings. The Labute approximate surface area is 135 Å². The van der Waals surface area contributed by atoms with Gasteiger partial charge in [0.15, 0.2) is 0 Å². The zero-order chi connectivity index (χ0) is 17.3. The van der Waals surface area contributed by atoms with E-state index in [4.69, 9.17) is 4.52 Å². The van der Waals surface area contributed by atoms with E-state index in [2.05, 4.69) is 41.5 Å². The zero-order valence-electron chi connectivity index (χ0n) is 15.3.